The number of carbonyl (C=O) groups excluding carboxylic acids is 2. The zero-order valence-electron chi connectivity index (χ0n) is 16.6. The largest absolute Gasteiger partial charge is 0.507 e. The van der Waals surface area contributed by atoms with Crippen molar-refractivity contribution in [1.82, 2.24) is 10.2 Å². The van der Waals surface area contributed by atoms with E-state index in [1.54, 1.807) is 6.07 Å². The second-order valence-corrected chi connectivity index (χ2v) is 7.30. The molecule has 8 nitrogen and oxygen atoms in total. The number of amides is 2. The summed E-state index contributed by atoms with van der Waals surface area (Å²) in [6, 6.07) is 6.84. The summed E-state index contributed by atoms with van der Waals surface area (Å²) in [5.74, 6) is -2.92. The molecule has 0 radical (unpaired) electrons. The second kappa shape index (κ2) is 8.86. The zero-order valence-corrected chi connectivity index (χ0v) is 16.6. The summed E-state index contributed by atoms with van der Waals surface area (Å²) < 4.78 is 0. The maximum atomic E-state index is 13.0. The summed E-state index contributed by atoms with van der Waals surface area (Å²) in [6.07, 6.45) is 2.77. The molecule has 2 amide bonds. The topological polar surface area (TPSA) is 127 Å². The van der Waals surface area contributed by atoms with E-state index in [1.807, 2.05) is 6.92 Å². The van der Waals surface area contributed by atoms with E-state index in [-0.39, 0.29) is 29.8 Å². The molecule has 0 unspecified atom stereocenters. The third kappa shape index (κ3) is 4.37. The van der Waals surface area contributed by atoms with Gasteiger partial charge in [-0.3, -0.25) is 9.59 Å². The van der Waals surface area contributed by atoms with E-state index in [9.17, 15) is 24.6 Å². The Labute approximate surface area is 173 Å². The molecule has 0 spiro atoms. The number of aromatic hydroxyl groups is 2. The van der Waals surface area contributed by atoms with Crippen molar-refractivity contribution in [3.05, 3.63) is 58.1 Å². The number of carboxylic acid groups (broad SMARTS) is 1. The van der Waals surface area contributed by atoms with Crippen LogP contribution in [0.4, 0.5) is 0 Å². The number of carbonyl (C=O) groups is 3. The molecule has 3 rings (SSSR count). The molecule has 1 aliphatic rings. The van der Waals surface area contributed by atoms with Crippen molar-refractivity contribution in [2.75, 3.05) is 6.54 Å². The van der Waals surface area contributed by atoms with E-state index >= 15 is 0 Å². The van der Waals surface area contributed by atoms with Gasteiger partial charge in [0.25, 0.3) is 11.8 Å². The standard InChI is InChI=1S/C22H24N2O6/c1-2-3-4-7-23-20(27)16-9-17(19(26)10-18(16)25)21(28)24-11-14-6-5-13(22(29)30)8-15(14)12-24/h5-6,8-10,25-26H,2-4,7,11-12H2,1H3,(H,23,27)(H,29,30). The van der Waals surface area contributed by atoms with Crippen LogP contribution in [0, 0.1) is 0 Å². The van der Waals surface area contributed by atoms with Gasteiger partial charge in [-0.15, -0.1) is 0 Å². The number of hydrogen-bond acceptors (Lipinski definition) is 5. The van der Waals surface area contributed by atoms with Crippen molar-refractivity contribution >= 4 is 17.8 Å². The van der Waals surface area contributed by atoms with Gasteiger partial charge < -0.3 is 25.5 Å². The van der Waals surface area contributed by atoms with Crippen molar-refractivity contribution in [2.24, 2.45) is 0 Å². The fraction of sp³-hybridized carbons (Fsp3) is 0.318. The smallest absolute Gasteiger partial charge is 0.335 e. The van der Waals surface area contributed by atoms with Gasteiger partial charge >= 0.3 is 5.97 Å². The molecule has 0 saturated carbocycles. The third-order valence-electron chi connectivity index (χ3n) is 5.12. The number of aromatic carboxylic acids is 1. The minimum atomic E-state index is -1.05. The molecule has 8 heteroatoms. The van der Waals surface area contributed by atoms with Gasteiger partial charge in [0.15, 0.2) is 0 Å². The summed E-state index contributed by atoms with van der Waals surface area (Å²) >= 11 is 0. The van der Waals surface area contributed by atoms with Crippen molar-refractivity contribution in [3.63, 3.8) is 0 Å². The van der Waals surface area contributed by atoms with Crippen LogP contribution in [0.5, 0.6) is 11.5 Å². The highest BCUT2D eigenvalue weighted by molar-refractivity contribution is 6.03. The van der Waals surface area contributed by atoms with Gasteiger partial charge in [0, 0.05) is 25.7 Å². The van der Waals surface area contributed by atoms with Crippen LogP contribution in [0.1, 0.15) is 68.4 Å². The lowest BCUT2D eigenvalue weighted by Gasteiger charge is -2.17. The number of hydrogen-bond donors (Lipinski definition) is 4. The van der Waals surface area contributed by atoms with Crippen LogP contribution in [-0.4, -0.2) is 44.5 Å². The fourth-order valence-corrected chi connectivity index (χ4v) is 3.44. The molecule has 4 N–H and O–H groups in total. The molecule has 1 aliphatic heterocycles. The van der Waals surface area contributed by atoms with Crippen LogP contribution >= 0.6 is 0 Å². The Hall–Kier alpha value is -3.55. The normalized spacial score (nSPS) is 12.5. The molecule has 0 aliphatic carbocycles. The zero-order chi connectivity index (χ0) is 21.8. The lowest BCUT2D eigenvalue weighted by molar-refractivity contribution is 0.0695. The Morgan fingerprint density at radius 3 is 2.37 bits per heavy atom. The highest BCUT2D eigenvalue weighted by atomic mass is 16.4. The first-order chi connectivity index (χ1) is 14.3. The van der Waals surface area contributed by atoms with E-state index < -0.39 is 29.3 Å². The van der Waals surface area contributed by atoms with Gasteiger partial charge in [0.05, 0.1) is 16.7 Å². The minimum Gasteiger partial charge on any atom is -0.507 e. The highest BCUT2D eigenvalue weighted by Gasteiger charge is 2.28. The molecule has 1 heterocycles. The lowest BCUT2D eigenvalue weighted by Crippen LogP contribution is -2.27. The van der Waals surface area contributed by atoms with Gasteiger partial charge in [-0.05, 0) is 35.7 Å². The first-order valence-electron chi connectivity index (χ1n) is 9.80. The van der Waals surface area contributed by atoms with Crippen LogP contribution in [0.25, 0.3) is 0 Å². The first-order valence-corrected chi connectivity index (χ1v) is 9.80. The summed E-state index contributed by atoms with van der Waals surface area (Å²) in [7, 11) is 0. The predicted octanol–water partition coefficient (Wildman–Crippen LogP) is 2.87. The molecule has 2 aromatic carbocycles. The first kappa shape index (κ1) is 21.2. The average molecular weight is 412 g/mol. The summed E-state index contributed by atoms with van der Waals surface area (Å²) in [5, 5.41) is 32.1. The maximum absolute atomic E-state index is 13.0. The van der Waals surface area contributed by atoms with E-state index in [0.717, 1.165) is 36.5 Å². The van der Waals surface area contributed by atoms with Gasteiger partial charge in [0.1, 0.15) is 11.5 Å². The van der Waals surface area contributed by atoms with Gasteiger partial charge in [-0.1, -0.05) is 25.8 Å². The van der Waals surface area contributed by atoms with Crippen LogP contribution in [0.2, 0.25) is 0 Å². The molecule has 158 valence electrons. The molecule has 0 atom stereocenters. The molecule has 0 aromatic heterocycles. The Balaban J connectivity index is 1.79. The van der Waals surface area contributed by atoms with Crippen molar-refractivity contribution in [3.8, 4) is 11.5 Å². The number of phenolic OH excluding ortho intramolecular Hbond substituents is 2. The summed E-state index contributed by atoms with van der Waals surface area (Å²) in [4.78, 5) is 38.0. The number of phenols is 2. The average Bonchev–Trinajstić information content (AvgIpc) is 3.14. The van der Waals surface area contributed by atoms with Gasteiger partial charge in [-0.25, -0.2) is 4.79 Å². The van der Waals surface area contributed by atoms with Crippen molar-refractivity contribution in [1.29, 1.82) is 0 Å². The Morgan fingerprint density at radius 2 is 1.67 bits per heavy atom. The molecular formula is C22H24N2O6. The van der Waals surface area contributed by atoms with E-state index in [1.165, 1.54) is 23.1 Å². The monoisotopic (exact) mass is 412 g/mol. The third-order valence-corrected chi connectivity index (χ3v) is 5.12. The highest BCUT2D eigenvalue weighted by Crippen LogP contribution is 2.31. The van der Waals surface area contributed by atoms with Gasteiger partial charge in [0.2, 0.25) is 0 Å². The quantitative estimate of drug-likeness (QED) is 0.518. The van der Waals surface area contributed by atoms with Crippen molar-refractivity contribution in [2.45, 2.75) is 39.3 Å². The number of nitrogens with zero attached hydrogens (tertiary/aromatic N) is 1. The van der Waals surface area contributed by atoms with E-state index in [4.69, 9.17) is 5.11 Å². The van der Waals surface area contributed by atoms with Crippen LogP contribution in [0.15, 0.2) is 30.3 Å². The maximum Gasteiger partial charge on any atom is 0.335 e. The number of rotatable bonds is 7. The molecular weight excluding hydrogens is 388 g/mol. The van der Waals surface area contributed by atoms with Crippen LogP contribution in [-0.2, 0) is 13.1 Å². The van der Waals surface area contributed by atoms with Gasteiger partial charge in [-0.2, -0.15) is 0 Å². The molecule has 2 aromatic rings. The number of fused-ring (bicyclic) bond motifs is 1. The minimum absolute atomic E-state index is 0.0856. The summed E-state index contributed by atoms with van der Waals surface area (Å²) in [6.45, 7) is 2.94. The second-order valence-electron chi connectivity index (χ2n) is 7.30. The number of nitrogens with one attached hydrogen (secondary N) is 1. The Bertz CT molecular complexity index is 1000. The van der Waals surface area contributed by atoms with Crippen LogP contribution in [0.3, 0.4) is 0 Å². The predicted molar refractivity (Wildman–Crippen MR) is 109 cm³/mol. The number of unbranched alkanes of at least 4 members (excludes halogenated alkanes) is 2. The molecule has 30 heavy (non-hydrogen) atoms. The Kier molecular flexibility index (Phi) is 6.25. The molecule has 0 fully saturated rings. The number of carboxylic acids is 1. The lowest BCUT2D eigenvalue weighted by atomic mass is 10.1. The Morgan fingerprint density at radius 1 is 0.967 bits per heavy atom. The SMILES string of the molecule is CCCCCNC(=O)c1cc(C(=O)N2Cc3ccc(C(=O)O)cc3C2)c(O)cc1O. The molecule has 0 bridgehead atoms. The van der Waals surface area contributed by atoms with E-state index in [0.29, 0.717) is 6.54 Å². The number of benzene rings is 2. The van der Waals surface area contributed by atoms with E-state index in [2.05, 4.69) is 5.32 Å². The molecule has 0 saturated heterocycles. The fourth-order valence-electron chi connectivity index (χ4n) is 3.44. The van der Waals surface area contributed by atoms with Crippen LogP contribution < -0.4 is 5.32 Å². The summed E-state index contributed by atoms with van der Waals surface area (Å²) in [5.41, 5.74) is 1.49. The van der Waals surface area contributed by atoms with Crippen molar-refractivity contribution < 1.29 is 29.7 Å².